The van der Waals surface area contributed by atoms with Gasteiger partial charge in [0.25, 0.3) is 0 Å². The van der Waals surface area contributed by atoms with Crippen molar-refractivity contribution < 1.29 is 9.84 Å². The average molecular weight is 271 g/mol. The Morgan fingerprint density at radius 2 is 1.90 bits per heavy atom. The molecule has 0 spiro atoms. The summed E-state index contributed by atoms with van der Waals surface area (Å²) in [7, 11) is 0. The minimum Gasteiger partial charge on any atom is -0.492 e. The average Bonchev–Trinajstić information content (AvgIpc) is 2.52. The molecule has 3 heteroatoms. The summed E-state index contributed by atoms with van der Waals surface area (Å²) in [5.41, 5.74) is 1.90. The quantitative estimate of drug-likeness (QED) is 0.871. The number of pyridine rings is 1. The maximum absolute atomic E-state index is 10.5. The highest BCUT2D eigenvalue weighted by Crippen LogP contribution is 2.31. The Hall–Kier alpha value is -1.87. The first-order chi connectivity index (χ1) is 9.72. The lowest BCUT2D eigenvalue weighted by atomic mass is 9.91. The second-order valence-electron chi connectivity index (χ2n) is 4.95. The predicted octanol–water partition coefficient (Wildman–Crippen LogP) is 3.71. The molecular formula is C17H21NO2. The lowest BCUT2D eigenvalue weighted by molar-refractivity contribution is 0.150. The van der Waals surface area contributed by atoms with Gasteiger partial charge in [-0.05, 0) is 18.1 Å². The van der Waals surface area contributed by atoms with E-state index in [0.29, 0.717) is 12.4 Å². The molecule has 0 bridgehead atoms. The fourth-order valence-electron chi connectivity index (χ4n) is 2.12. The number of aliphatic hydroxyl groups is 1. The monoisotopic (exact) mass is 271 g/mol. The molecule has 0 aliphatic carbocycles. The Balaban J connectivity index is 2.14. The minimum atomic E-state index is -0.588. The molecule has 0 fully saturated rings. The molecule has 0 saturated heterocycles. The smallest absolute Gasteiger partial charge is 0.137 e. The van der Waals surface area contributed by atoms with Gasteiger partial charge in [0, 0.05) is 17.7 Å². The number of rotatable bonds is 6. The van der Waals surface area contributed by atoms with Crippen molar-refractivity contribution in [2.24, 2.45) is 0 Å². The highest BCUT2D eigenvalue weighted by atomic mass is 16.5. The zero-order valence-corrected chi connectivity index (χ0v) is 12.0. The van der Waals surface area contributed by atoms with Crippen molar-refractivity contribution in [3.8, 4) is 5.75 Å². The van der Waals surface area contributed by atoms with Gasteiger partial charge in [-0.3, -0.25) is 4.98 Å². The van der Waals surface area contributed by atoms with E-state index in [9.17, 15) is 5.11 Å². The molecule has 0 aliphatic rings. The summed E-state index contributed by atoms with van der Waals surface area (Å²) in [4.78, 5) is 4.15. The standard InChI is InChI=1S/C17H21NO2/c1-3-9-20-16-10-15(11-18-12-16)17(19)13(2)14-7-5-4-6-8-14/h4-8,10-13,17,19H,3,9H2,1-2H3. The SMILES string of the molecule is CCCOc1cncc(C(O)C(C)c2ccccc2)c1. The number of hydrogen-bond acceptors (Lipinski definition) is 3. The van der Waals surface area contributed by atoms with Crippen molar-refractivity contribution >= 4 is 0 Å². The van der Waals surface area contributed by atoms with Crippen molar-refractivity contribution in [3.63, 3.8) is 0 Å². The molecular weight excluding hydrogens is 250 g/mol. The first-order valence-electron chi connectivity index (χ1n) is 7.03. The highest BCUT2D eigenvalue weighted by Gasteiger charge is 2.18. The van der Waals surface area contributed by atoms with Crippen LogP contribution < -0.4 is 4.74 Å². The van der Waals surface area contributed by atoms with Gasteiger partial charge in [-0.15, -0.1) is 0 Å². The van der Waals surface area contributed by atoms with Crippen LogP contribution in [-0.4, -0.2) is 16.7 Å². The van der Waals surface area contributed by atoms with Crippen LogP contribution >= 0.6 is 0 Å². The maximum Gasteiger partial charge on any atom is 0.137 e. The zero-order valence-electron chi connectivity index (χ0n) is 12.0. The van der Waals surface area contributed by atoms with Gasteiger partial charge in [0.1, 0.15) is 5.75 Å². The molecule has 1 heterocycles. The molecule has 0 saturated carbocycles. The lowest BCUT2D eigenvalue weighted by Crippen LogP contribution is -2.08. The van der Waals surface area contributed by atoms with E-state index >= 15 is 0 Å². The van der Waals surface area contributed by atoms with Gasteiger partial charge in [0.15, 0.2) is 0 Å². The van der Waals surface area contributed by atoms with Crippen LogP contribution in [0.15, 0.2) is 48.8 Å². The molecule has 2 unspecified atom stereocenters. The van der Waals surface area contributed by atoms with E-state index < -0.39 is 6.10 Å². The first-order valence-corrected chi connectivity index (χ1v) is 7.03. The zero-order chi connectivity index (χ0) is 14.4. The van der Waals surface area contributed by atoms with Gasteiger partial charge in [-0.1, -0.05) is 44.2 Å². The van der Waals surface area contributed by atoms with Gasteiger partial charge < -0.3 is 9.84 Å². The number of benzene rings is 1. The summed E-state index contributed by atoms with van der Waals surface area (Å²) in [6.07, 6.45) is 3.74. The molecule has 1 aromatic heterocycles. The van der Waals surface area contributed by atoms with Gasteiger partial charge >= 0.3 is 0 Å². The van der Waals surface area contributed by atoms with Crippen LogP contribution in [0.2, 0.25) is 0 Å². The van der Waals surface area contributed by atoms with Crippen molar-refractivity contribution in [3.05, 3.63) is 59.9 Å². The van der Waals surface area contributed by atoms with Crippen LogP contribution in [0, 0.1) is 0 Å². The van der Waals surface area contributed by atoms with Crippen LogP contribution in [0.4, 0.5) is 0 Å². The molecule has 0 amide bonds. The van der Waals surface area contributed by atoms with Gasteiger partial charge in [0.05, 0.1) is 18.9 Å². The molecule has 2 rings (SSSR count). The van der Waals surface area contributed by atoms with E-state index in [4.69, 9.17) is 4.74 Å². The fourth-order valence-corrected chi connectivity index (χ4v) is 2.12. The van der Waals surface area contributed by atoms with Crippen molar-refractivity contribution in [1.82, 2.24) is 4.98 Å². The molecule has 20 heavy (non-hydrogen) atoms. The van der Waals surface area contributed by atoms with Crippen LogP contribution in [0.25, 0.3) is 0 Å². The van der Waals surface area contributed by atoms with Crippen molar-refractivity contribution in [1.29, 1.82) is 0 Å². The molecule has 0 radical (unpaired) electrons. The topological polar surface area (TPSA) is 42.4 Å². The van der Waals surface area contributed by atoms with E-state index in [1.807, 2.05) is 43.3 Å². The largest absolute Gasteiger partial charge is 0.492 e. The van der Waals surface area contributed by atoms with Crippen LogP contribution in [0.1, 0.15) is 43.4 Å². The molecule has 3 nitrogen and oxygen atoms in total. The van der Waals surface area contributed by atoms with Gasteiger partial charge in [0.2, 0.25) is 0 Å². The number of aliphatic hydroxyl groups excluding tert-OH is 1. The third kappa shape index (κ3) is 3.58. The number of aromatic nitrogens is 1. The Morgan fingerprint density at radius 3 is 2.60 bits per heavy atom. The summed E-state index contributed by atoms with van der Waals surface area (Å²) in [5.74, 6) is 0.725. The molecule has 1 aromatic carbocycles. The van der Waals surface area contributed by atoms with Crippen LogP contribution in [0.3, 0.4) is 0 Å². The van der Waals surface area contributed by atoms with E-state index in [0.717, 1.165) is 17.5 Å². The highest BCUT2D eigenvalue weighted by molar-refractivity contribution is 5.29. The van der Waals surface area contributed by atoms with Gasteiger partial charge in [-0.25, -0.2) is 0 Å². The predicted molar refractivity (Wildman–Crippen MR) is 79.8 cm³/mol. The Morgan fingerprint density at radius 1 is 1.15 bits per heavy atom. The lowest BCUT2D eigenvalue weighted by Gasteiger charge is -2.20. The maximum atomic E-state index is 10.5. The van der Waals surface area contributed by atoms with E-state index in [-0.39, 0.29) is 5.92 Å². The molecule has 1 N–H and O–H groups in total. The Labute approximate surface area is 120 Å². The van der Waals surface area contributed by atoms with Crippen LogP contribution in [-0.2, 0) is 0 Å². The summed E-state index contributed by atoms with van der Waals surface area (Å²) in [6.45, 7) is 4.73. The summed E-state index contributed by atoms with van der Waals surface area (Å²) in [6, 6.07) is 11.9. The fraction of sp³-hybridized carbons (Fsp3) is 0.353. The van der Waals surface area contributed by atoms with Crippen molar-refractivity contribution in [2.75, 3.05) is 6.61 Å². The van der Waals surface area contributed by atoms with E-state index in [2.05, 4.69) is 11.9 Å². The summed E-state index contributed by atoms with van der Waals surface area (Å²) in [5, 5.41) is 10.5. The minimum absolute atomic E-state index is 0.0134. The Kier molecular flexibility index (Phi) is 5.13. The summed E-state index contributed by atoms with van der Waals surface area (Å²) >= 11 is 0. The first kappa shape index (κ1) is 14.5. The second kappa shape index (κ2) is 7.06. The third-order valence-electron chi connectivity index (χ3n) is 3.35. The number of hydrogen-bond donors (Lipinski definition) is 1. The molecule has 106 valence electrons. The number of nitrogens with zero attached hydrogens (tertiary/aromatic N) is 1. The van der Waals surface area contributed by atoms with Gasteiger partial charge in [-0.2, -0.15) is 0 Å². The second-order valence-corrected chi connectivity index (χ2v) is 4.95. The summed E-state index contributed by atoms with van der Waals surface area (Å²) < 4.78 is 5.56. The Bertz CT molecular complexity index is 528. The van der Waals surface area contributed by atoms with Crippen LogP contribution in [0.5, 0.6) is 5.75 Å². The van der Waals surface area contributed by atoms with E-state index in [1.54, 1.807) is 12.4 Å². The van der Waals surface area contributed by atoms with E-state index in [1.165, 1.54) is 0 Å². The normalized spacial score (nSPS) is 13.8. The molecule has 0 aliphatic heterocycles. The third-order valence-corrected chi connectivity index (χ3v) is 3.35. The molecule has 2 atom stereocenters. The molecule has 2 aromatic rings. The number of ether oxygens (including phenoxy) is 1. The van der Waals surface area contributed by atoms with Crippen molar-refractivity contribution in [2.45, 2.75) is 32.3 Å².